The Morgan fingerprint density at radius 1 is 1.23 bits per heavy atom. The van der Waals surface area contributed by atoms with Crippen LogP contribution < -0.4 is 10.2 Å². The van der Waals surface area contributed by atoms with E-state index in [-0.39, 0.29) is 18.7 Å². The molecule has 0 saturated heterocycles. The van der Waals surface area contributed by atoms with Crippen molar-refractivity contribution in [3.63, 3.8) is 0 Å². The molecule has 1 heterocycles. The SMILES string of the molecule is COCC(C)(CC(Cc1ccc(-c2cc(Cl)ccc2F)cc1)NC(=O)c1cn(OC)nn1)C(=O)O. The molecule has 1 amide bonds. The average molecular weight is 505 g/mol. The van der Waals surface area contributed by atoms with Gasteiger partial charge in [0.05, 0.1) is 12.0 Å². The van der Waals surface area contributed by atoms with Gasteiger partial charge < -0.3 is 20.0 Å². The lowest BCUT2D eigenvalue weighted by Crippen LogP contribution is -2.44. The van der Waals surface area contributed by atoms with Crippen LogP contribution in [0, 0.1) is 11.2 Å². The second-order valence-electron chi connectivity index (χ2n) is 8.39. The molecule has 2 N–H and O–H groups in total. The second kappa shape index (κ2) is 11.3. The van der Waals surface area contributed by atoms with Gasteiger partial charge in [0.25, 0.3) is 5.91 Å². The van der Waals surface area contributed by atoms with Crippen molar-refractivity contribution in [3.05, 3.63) is 70.8 Å². The molecule has 3 aromatic rings. The monoisotopic (exact) mass is 504 g/mol. The Kier molecular flexibility index (Phi) is 8.42. The number of rotatable bonds is 11. The number of methoxy groups -OCH3 is 1. The maximum Gasteiger partial charge on any atom is 0.311 e. The molecule has 0 fully saturated rings. The number of carbonyl (C=O) groups excluding carboxylic acids is 1. The van der Waals surface area contributed by atoms with E-state index < -0.39 is 29.2 Å². The lowest BCUT2D eigenvalue weighted by atomic mass is 9.82. The number of aromatic nitrogens is 3. The number of ether oxygens (including phenoxy) is 1. The Hall–Kier alpha value is -3.50. The van der Waals surface area contributed by atoms with Crippen LogP contribution in [0.5, 0.6) is 0 Å². The number of benzene rings is 2. The summed E-state index contributed by atoms with van der Waals surface area (Å²) in [7, 11) is 2.80. The number of aliphatic carboxylic acids is 1. The number of carboxylic acid groups (broad SMARTS) is 1. The Bertz CT molecular complexity index is 1190. The lowest BCUT2D eigenvalue weighted by molar-refractivity contribution is -0.152. The molecule has 0 saturated carbocycles. The fourth-order valence-electron chi connectivity index (χ4n) is 3.77. The van der Waals surface area contributed by atoms with Gasteiger partial charge in [0.1, 0.15) is 19.1 Å². The van der Waals surface area contributed by atoms with Gasteiger partial charge in [-0.15, -0.1) is 5.10 Å². The van der Waals surface area contributed by atoms with Gasteiger partial charge in [-0.1, -0.05) is 40.7 Å². The second-order valence-corrected chi connectivity index (χ2v) is 8.82. The van der Waals surface area contributed by atoms with Crippen LogP contribution in [0.4, 0.5) is 4.39 Å². The van der Waals surface area contributed by atoms with E-state index in [4.69, 9.17) is 21.2 Å². The van der Waals surface area contributed by atoms with Crippen LogP contribution >= 0.6 is 11.6 Å². The smallest absolute Gasteiger partial charge is 0.311 e. The first-order valence-corrected chi connectivity index (χ1v) is 11.1. The number of carboxylic acids is 1. The Morgan fingerprint density at radius 2 is 1.94 bits per heavy atom. The van der Waals surface area contributed by atoms with Gasteiger partial charge in [-0.3, -0.25) is 9.59 Å². The molecule has 35 heavy (non-hydrogen) atoms. The topological polar surface area (TPSA) is 116 Å². The van der Waals surface area contributed by atoms with E-state index in [1.54, 1.807) is 37.3 Å². The summed E-state index contributed by atoms with van der Waals surface area (Å²) in [5.74, 6) is -1.97. The molecule has 0 aliphatic rings. The fraction of sp³-hybridized carbons (Fsp3) is 0.333. The molecule has 2 aromatic carbocycles. The minimum Gasteiger partial charge on any atom is -0.481 e. The molecule has 1 aromatic heterocycles. The molecule has 0 spiro atoms. The molecular weight excluding hydrogens is 479 g/mol. The number of nitrogens with zero attached hydrogens (tertiary/aromatic N) is 3. The van der Waals surface area contributed by atoms with Crippen molar-refractivity contribution in [2.45, 2.75) is 25.8 Å². The van der Waals surface area contributed by atoms with Crippen molar-refractivity contribution in [1.82, 2.24) is 20.5 Å². The highest BCUT2D eigenvalue weighted by molar-refractivity contribution is 6.30. The first kappa shape index (κ1) is 26.1. The van der Waals surface area contributed by atoms with Crippen LogP contribution in [-0.2, 0) is 16.0 Å². The number of halogens is 2. The van der Waals surface area contributed by atoms with Gasteiger partial charge in [-0.05, 0) is 54.3 Å². The van der Waals surface area contributed by atoms with Gasteiger partial charge in [-0.2, -0.15) is 0 Å². The zero-order chi connectivity index (χ0) is 25.6. The molecule has 2 atom stereocenters. The third-order valence-electron chi connectivity index (χ3n) is 5.58. The summed E-state index contributed by atoms with van der Waals surface area (Å²) in [5, 5.41) is 20.5. The van der Waals surface area contributed by atoms with Gasteiger partial charge in [0.2, 0.25) is 0 Å². The van der Waals surface area contributed by atoms with E-state index in [1.807, 2.05) is 0 Å². The molecule has 0 aliphatic carbocycles. The molecular formula is C24H26ClFN4O5. The zero-order valence-corrected chi connectivity index (χ0v) is 20.3. The van der Waals surface area contributed by atoms with Crippen molar-refractivity contribution in [3.8, 4) is 11.1 Å². The number of nitrogens with one attached hydrogen (secondary N) is 1. The van der Waals surface area contributed by atoms with E-state index in [0.29, 0.717) is 22.6 Å². The largest absolute Gasteiger partial charge is 0.481 e. The predicted molar refractivity (Wildman–Crippen MR) is 127 cm³/mol. The third kappa shape index (κ3) is 6.55. The molecule has 2 unspecified atom stereocenters. The lowest BCUT2D eigenvalue weighted by Gasteiger charge is -2.29. The van der Waals surface area contributed by atoms with Crippen molar-refractivity contribution in [2.24, 2.45) is 5.41 Å². The summed E-state index contributed by atoms with van der Waals surface area (Å²) in [6.45, 7) is 1.52. The normalized spacial score (nSPS) is 13.6. The Morgan fingerprint density at radius 3 is 2.54 bits per heavy atom. The molecule has 0 radical (unpaired) electrons. The minimum absolute atomic E-state index is 0.0207. The van der Waals surface area contributed by atoms with Crippen molar-refractivity contribution in [2.75, 3.05) is 20.8 Å². The molecule has 11 heteroatoms. The maximum absolute atomic E-state index is 14.2. The molecule has 186 valence electrons. The average Bonchev–Trinajstić information content (AvgIpc) is 3.31. The molecule has 9 nitrogen and oxygen atoms in total. The molecule has 0 bridgehead atoms. The van der Waals surface area contributed by atoms with E-state index in [9.17, 15) is 19.1 Å². The van der Waals surface area contributed by atoms with Crippen LogP contribution in [0.25, 0.3) is 11.1 Å². The zero-order valence-electron chi connectivity index (χ0n) is 19.5. The van der Waals surface area contributed by atoms with Gasteiger partial charge in [0, 0.05) is 23.7 Å². The summed E-state index contributed by atoms with van der Waals surface area (Å²) in [4.78, 5) is 30.7. The standard InChI is InChI=1S/C24H26ClFN4O5/c1-24(14-34-2,23(32)33)12-18(27-22(31)21-13-30(35-3)29-28-21)10-15-4-6-16(7-5-15)19-11-17(25)8-9-20(19)26/h4-9,11,13,18H,10,12,14H2,1-3H3,(H,27,31)(H,32,33). The summed E-state index contributed by atoms with van der Waals surface area (Å²) in [6, 6.07) is 10.8. The molecule has 0 aliphatic heterocycles. The maximum atomic E-state index is 14.2. The first-order chi connectivity index (χ1) is 16.6. The summed E-state index contributed by atoms with van der Waals surface area (Å²) < 4.78 is 19.4. The van der Waals surface area contributed by atoms with E-state index in [0.717, 1.165) is 10.4 Å². The van der Waals surface area contributed by atoms with Gasteiger partial charge in [-0.25, -0.2) is 4.39 Å². The molecule has 3 rings (SSSR count). The predicted octanol–water partition coefficient (Wildman–Crippen LogP) is 3.26. The van der Waals surface area contributed by atoms with Crippen LogP contribution in [0.2, 0.25) is 5.02 Å². The first-order valence-electron chi connectivity index (χ1n) is 10.7. The minimum atomic E-state index is -1.25. The third-order valence-corrected chi connectivity index (χ3v) is 5.81. The van der Waals surface area contributed by atoms with Crippen molar-refractivity contribution in [1.29, 1.82) is 0 Å². The summed E-state index contributed by atoms with van der Waals surface area (Å²) in [6.07, 6.45) is 1.71. The van der Waals surface area contributed by atoms with Crippen molar-refractivity contribution < 1.29 is 28.7 Å². The number of carbonyl (C=O) groups is 2. The summed E-state index contributed by atoms with van der Waals surface area (Å²) >= 11 is 6.01. The van der Waals surface area contributed by atoms with Gasteiger partial charge >= 0.3 is 5.97 Å². The van der Waals surface area contributed by atoms with Crippen LogP contribution in [0.1, 0.15) is 29.4 Å². The Labute approximate surface area is 206 Å². The van der Waals surface area contributed by atoms with Crippen LogP contribution in [0.3, 0.4) is 0 Å². The highest BCUT2D eigenvalue weighted by Gasteiger charge is 2.37. The van der Waals surface area contributed by atoms with E-state index >= 15 is 0 Å². The number of amides is 1. The van der Waals surface area contributed by atoms with Crippen LogP contribution in [-0.4, -0.2) is 59.0 Å². The van der Waals surface area contributed by atoms with E-state index in [2.05, 4.69) is 15.6 Å². The highest BCUT2D eigenvalue weighted by atomic mass is 35.5. The number of hydrogen-bond acceptors (Lipinski definition) is 6. The van der Waals surface area contributed by atoms with Crippen LogP contribution in [0.15, 0.2) is 48.7 Å². The summed E-state index contributed by atoms with van der Waals surface area (Å²) in [5.41, 5.74) is 0.592. The highest BCUT2D eigenvalue weighted by Crippen LogP contribution is 2.28. The van der Waals surface area contributed by atoms with E-state index in [1.165, 1.54) is 32.5 Å². The van der Waals surface area contributed by atoms with Crippen molar-refractivity contribution >= 4 is 23.5 Å². The quantitative estimate of drug-likeness (QED) is 0.411. The number of hydrogen-bond donors (Lipinski definition) is 2. The fourth-order valence-corrected chi connectivity index (χ4v) is 3.94. The van der Waals surface area contributed by atoms with Gasteiger partial charge in [0.15, 0.2) is 5.69 Å². The Balaban J connectivity index is 1.84.